The minimum Gasteiger partial charge on any atom is -0.493 e. The van der Waals surface area contributed by atoms with E-state index >= 15 is 0 Å². The molecule has 0 amide bonds. The zero-order valence-electron chi connectivity index (χ0n) is 17.1. The van der Waals surface area contributed by atoms with Crippen LogP contribution < -0.4 is 19.3 Å². The third-order valence-electron chi connectivity index (χ3n) is 5.79. The minimum absolute atomic E-state index is 0.275. The van der Waals surface area contributed by atoms with E-state index < -0.39 is 0 Å². The van der Waals surface area contributed by atoms with E-state index in [1.807, 2.05) is 31.3 Å². The fourth-order valence-electron chi connectivity index (χ4n) is 4.21. The number of rotatable bonds is 4. The van der Waals surface area contributed by atoms with Crippen LogP contribution in [0.5, 0.6) is 11.5 Å². The molecule has 0 saturated carbocycles. The Morgan fingerprint density at radius 3 is 2.50 bits per heavy atom. The molecule has 3 heterocycles. The van der Waals surface area contributed by atoms with Gasteiger partial charge in [-0.05, 0) is 48.6 Å². The van der Waals surface area contributed by atoms with Gasteiger partial charge in [0.15, 0.2) is 11.5 Å². The van der Waals surface area contributed by atoms with Crippen molar-refractivity contribution in [2.45, 2.75) is 24.9 Å². The van der Waals surface area contributed by atoms with E-state index in [0.29, 0.717) is 0 Å². The van der Waals surface area contributed by atoms with Crippen molar-refractivity contribution < 1.29 is 14.2 Å². The van der Waals surface area contributed by atoms with Crippen LogP contribution in [0.4, 0.5) is 11.8 Å². The van der Waals surface area contributed by atoms with Crippen molar-refractivity contribution in [3.63, 3.8) is 0 Å². The van der Waals surface area contributed by atoms with Gasteiger partial charge in [0, 0.05) is 33.4 Å². The highest BCUT2D eigenvalue weighted by molar-refractivity contribution is 5.51. The first-order valence-electron chi connectivity index (χ1n) is 9.71. The molecule has 2 aliphatic heterocycles. The second-order valence-corrected chi connectivity index (χ2v) is 7.55. The standard InChI is InChI=1S/C21H28N4O3/c1-24(2)19-5-9-22-20(23-19)25-10-7-21(8-11-25)16-14-18(27-4)17(26-3)13-15(16)6-12-28-21/h5,9,13-14H,6-8,10-12H2,1-4H3. The predicted octanol–water partition coefficient (Wildman–Crippen LogP) is 2.63. The summed E-state index contributed by atoms with van der Waals surface area (Å²) in [6.45, 7) is 2.43. The molecule has 4 rings (SSSR count). The first-order chi connectivity index (χ1) is 13.6. The smallest absolute Gasteiger partial charge is 0.227 e. The molecular formula is C21H28N4O3. The maximum Gasteiger partial charge on any atom is 0.227 e. The van der Waals surface area contributed by atoms with Gasteiger partial charge >= 0.3 is 0 Å². The Hall–Kier alpha value is -2.54. The summed E-state index contributed by atoms with van der Waals surface area (Å²) in [5.41, 5.74) is 2.25. The summed E-state index contributed by atoms with van der Waals surface area (Å²) in [6.07, 6.45) is 4.51. The Kier molecular flexibility index (Phi) is 5.02. The Bertz CT molecular complexity index is 848. The number of benzene rings is 1. The third-order valence-corrected chi connectivity index (χ3v) is 5.79. The first kappa shape index (κ1) is 18.8. The van der Waals surface area contributed by atoms with Crippen LogP contribution in [0.2, 0.25) is 0 Å². The van der Waals surface area contributed by atoms with Crippen molar-refractivity contribution in [1.82, 2.24) is 9.97 Å². The molecule has 1 aromatic carbocycles. The largest absolute Gasteiger partial charge is 0.493 e. The summed E-state index contributed by atoms with van der Waals surface area (Å²) < 4.78 is 17.4. The molecule has 150 valence electrons. The van der Waals surface area contributed by atoms with Crippen LogP contribution in [0.15, 0.2) is 24.4 Å². The van der Waals surface area contributed by atoms with Gasteiger partial charge in [0.05, 0.1) is 26.4 Å². The normalized spacial score (nSPS) is 17.9. The van der Waals surface area contributed by atoms with E-state index in [1.165, 1.54) is 11.1 Å². The second kappa shape index (κ2) is 7.47. The SMILES string of the molecule is COc1cc2c(cc1OC)C1(CCN(c3nccc(N(C)C)n3)CC1)OCC2. The summed E-state index contributed by atoms with van der Waals surface area (Å²) in [4.78, 5) is 13.4. The Balaban J connectivity index is 1.59. The monoisotopic (exact) mass is 384 g/mol. The molecule has 2 aromatic rings. The van der Waals surface area contributed by atoms with Crippen LogP contribution in [0.25, 0.3) is 0 Å². The molecule has 0 atom stereocenters. The minimum atomic E-state index is -0.275. The second-order valence-electron chi connectivity index (χ2n) is 7.55. The number of aromatic nitrogens is 2. The van der Waals surface area contributed by atoms with Gasteiger partial charge in [-0.2, -0.15) is 4.98 Å². The lowest BCUT2D eigenvalue weighted by molar-refractivity contribution is -0.0769. The summed E-state index contributed by atoms with van der Waals surface area (Å²) >= 11 is 0. The molecular weight excluding hydrogens is 356 g/mol. The molecule has 0 N–H and O–H groups in total. The van der Waals surface area contributed by atoms with E-state index in [9.17, 15) is 0 Å². The molecule has 0 aliphatic carbocycles. The van der Waals surface area contributed by atoms with Gasteiger partial charge in [-0.1, -0.05) is 0 Å². The van der Waals surface area contributed by atoms with E-state index in [2.05, 4.69) is 27.0 Å². The lowest BCUT2D eigenvalue weighted by Gasteiger charge is -2.45. The van der Waals surface area contributed by atoms with Crippen LogP contribution in [-0.4, -0.2) is 58.0 Å². The van der Waals surface area contributed by atoms with Gasteiger partial charge in [-0.3, -0.25) is 0 Å². The number of nitrogens with zero attached hydrogens (tertiary/aromatic N) is 4. The molecule has 1 spiro atoms. The maximum atomic E-state index is 6.38. The maximum absolute atomic E-state index is 6.38. The molecule has 7 heteroatoms. The number of ether oxygens (including phenoxy) is 3. The van der Waals surface area contributed by atoms with Crippen molar-refractivity contribution in [2.75, 3.05) is 57.8 Å². The fourth-order valence-corrected chi connectivity index (χ4v) is 4.21. The van der Waals surface area contributed by atoms with E-state index in [0.717, 1.165) is 62.2 Å². The van der Waals surface area contributed by atoms with E-state index in [-0.39, 0.29) is 5.60 Å². The lowest BCUT2D eigenvalue weighted by Crippen LogP contribution is -2.47. The highest BCUT2D eigenvalue weighted by Crippen LogP contribution is 2.45. The van der Waals surface area contributed by atoms with Crippen LogP contribution >= 0.6 is 0 Å². The average Bonchev–Trinajstić information content (AvgIpc) is 2.73. The van der Waals surface area contributed by atoms with Crippen LogP contribution in [0, 0.1) is 0 Å². The third kappa shape index (κ3) is 3.24. The lowest BCUT2D eigenvalue weighted by atomic mass is 9.79. The van der Waals surface area contributed by atoms with Gasteiger partial charge in [-0.25, -0.2) is 4.98 Å². The van der Waals surface area contributed by atoms with Crippen LogP contribution in [-0.2, 0) is 16.8 Å². The zero-order valence-corrected chi connectivity index (χ0v) is 17.1. The van der Waals surface area contributed by atoms with Gasteiger partial charge in [-0.15, -0.1) is 0 Å². The van der Waals surface area contributed by atoms with E-state index in [1.54, 1.807) is 14.2 Å². The molecule has 0 unspecified atom stereocenters. The summed E-state index contributed by atoms with van der Waals surface area (Å²) in [7, 11) is 7.34. The number of anilines is 2. The van der Waals surface area contributed by atoms with Crippen molar-refractivity contribution in [3.8, 4) is 11.5 Å². The van der Waals surface area contributed by atoms with Crippen LogP contribution in [0.1, 0.15) is 24.0 Å². The number of piperidine rings is 1. The quantitative estimate of drug-likeness (QED) is 0.803. The molecule has 1 fully saturated rings. The number of methoxy groups -OCH3 is 2. The van der Waals surface area contributed by atoms with Gasteiger partial charge in [0.1, 0.15) is 5.82 Å². The zero-order chi connectivity index (χ0) is 19.7. The highest BCUT2D eigenvalue weighted by atomic mass is 16.5. The first-order valence-corrected chi connectivity index (χ1v) is 9.71. The van der Waals surface area contributed by atoms with Crippen molar-refractivity contribution in [2.24, 2.45) is 0 Å². The molecule has 28 heavy (non-hydrogen) atoms. The highest BCUT2D eigenvalue weighted by Gasteiger charge is 2.42. The fraction of sp³-hybridized carbons (Fsp3) is 0.524. The summed E-state index contributed by atoms with van der Waals surface area (Å²) in [6, 6.07) is 6.13. The number of hydrogen-bond donors (Lipinski definition) is 0. The Morgan fingerprint density at radius 2 is 1.82 bits per heavy atom. The van der Waals surface area contributed by atoms with Crippen molar-refractivity contribution >= 4 is 11.8 Å². The van der Waals surface area contributed by atoms with Crippen molar-refractivity contribution in [3.05, 3.63) is 35.5 Å². The van der Waals surface area contributed by atoms with Crippen molar-refractivity contribution in [1.29, 1.82) is 0 Å². The predicted molar refractivity (Wildman–Crippen MR) is 109 cm³/mol. The number of fused-ring (bicyclic) bond motifs is 2. The molecule has 0 radical (unpaired) electrons. The van der Waals surface area contributed by atoms with Crippen LogP contribution in [0.3, 0.4) is 0 Å². The van der Waals surface area contributed by atoms with Gasteiger partial charge in [0.2, 0.25) is 5.95 Å². The molecule has 7 nitrogen and oxygen atoms in total. The average molecular weight is 384 g/mol. The molecule has 0 bridgehead atoms. The summed E-state index contributed by atoms with van der Waals surface area (Å²) in [5, 5.41) is 0. The topological polar surface area (TPSA) is 60.0 Å². The van der Waals surface area contributed by atoms with Gasteiger partial charge in [0.25, 0.3) is 0 Å². The molecule has 1 saturated heterocycles. The van der Waals surface area contributed by atoms with E-state index in [4.69, 9.17) is 14.2 Å². The molecule has 2 aliphatic rings. The Morgan fingerprint density at radius 1 is 1.11 bits per heavy atom. The van der Waals surface area contributed by atoms with Gasteiger partial charge < -0.3 is 24.0 Å². The summed E-state index contributed by atoms with van der Waals surface area (Å²) in [5.74, 6) is 3.24. The molecule has 1 aromatic heterocycles. The Labute approximate surface area is 166 Å². The number of hydrogen-bond acceptors (Lipinski definition) is 7.